The smallest absolute Gasteiger partial charge is 0.296 e. The highest BCUT2D eigenvalue weighted by Crippen LogP contribution is 2.26. The van der Waals surface area contributed by atoms with Crippen molar-refractivity contribution in [1.82, 2.24) is 4.98 Å². The number of aromatic nitrogens is 1. The molecule has 1 heterocycles. The minimum Gasteiger partial charge on any atom is -0.357 e. The molecule has 8 heteroatoms. The third kappa shape index (κ3) is 4.18. The average molecular weight is 417 g/mol. The average Bonchev–Trinajstić information content (AvgIpc) is 3.13. The van der Waals surface area contributed by atoms with Gasteiger partial charge in [0.2, 0.25) is 0 Å². The van der Waals surface area contributed by atoms with Crippen LogP contribution < -0.4 is 5.32 Å². The van der Waals surface area contributed by atoms with Crippen molar-refractivity contribution in [3.8, 4) is 0 Å². The number of aromatic amines is 1. The normalized spacial score (nSPS) is 10.7. The van der Waals surface area contributed by atoms with E-state index in [-0.39, 0.29) is 22.8 Å². The van der Waals surface area contributed by atoms with Gasteiger partial charge in [-0.3, -0.25) is 19.7 Å². The van der Waals surface area contributed by atoms with Crippen LogP contribution in [0.3, 0.4) is 0 Å². The fourth-order valence-corrected chi connectivity index (χ4v) is 3.36. The van der Waals surface area contributed by atoms with E-state index in [1.807, 2.05) is 6.07 Å². The lowest BCUT2D eigenvalue weighted by molar-refractivity contribution is -0.384. The molecule has 0 atom stereocenters. The second-order valence-corrected chi connectivity index (χ2v) is 6.91. The van der Waals surface area contributed by atoms with Crippen LogP contribution in [0.2, 0.25) is 0 Å². The topological polar surface area (TPSA) is 105 Å². The zero-order chi connectivity index (χ0) is 22.0. The van der Waals surface area contributed by atoms with E-state index in [1.165, 1.54) is 36.4 Å². The number of carbonyl (C=O) groups is 2. The summed E-state index contributed by atoms with van der Waals surface area (Å²) in [7, 11) is 0. The molecule has 0 radical (unpaired) electrons. The Morgan fingerprint density at radius 3 is 2.32 bits per heavy atom. The molecule has 0 unspecified atom stereocenters. The molecule has 0 saturated heterocycles. The third-order valence-electron chi connectivity index (χ3n) is 4.85. The molecule has 0 aliphatic carbocycles. The number of non-ortho nitro benzene ring substituents is 1. The number of fused-ring (bicyclic) bond motifs is 1. The van der Waals surface area contributed by atoms with Crippen molar-refractivity contribution in [3.05, 3.63) is 106 Å². The van der Waals surface area contributed by atoms with Crippen LogP contribution in [0.4, 0.5) is 15.8 Å². The first kappa shape index (κ1) is 20.0. The number of hydrogen-bond donors (Lipinski definition) is 2. The minimum absolute atomic E-state index is 0.123. The molecule has 154 valence electrons. The number of para-hydroxylation sites is 1. The highest BCUT2D eigenvalue weighted by molar-refractivity contribution is 6.48. The SMILES string of the molecule is O=C(Nc1ccc([N+](=O)[O-])cc1)C(=O)c1c(Cc2ccc(F)cc2)[nH]c2ccccc12. The molecule has 0 spiro atoms. The van der Waals surface area contributed by atoms with E-state index < -0.39 is 16.6 Å². The van der Waals surface area contributed by atoms with Gasteiger partial charge in [0, 0.05) is 40.8 Å². The fourth-order valence-electron chi connectivity index (χ4n) is 3.36. The molecule has 4 aromatic rings. The Bertz CT molecular complexity index is 1290. The quantitative estimate of drug-likeness (QED) is 0.207. The van der Waals surface area contributed by atoms with Gasteiger partial charge in [-0.15, -0.1) is 0 Å². The Hall–Kier alpha value is -4.33. The number of H-pyrrole nitrogens is 1. The zero-order valence-electron chi connectivity index (χ0n) is 16.1. The molecule has 0 bridgehead atoms. The Morgan fingerprint density at radius 2 is 1.65 bits per heavy atom. The first-order valence-electron chi connectivity index (χ1n) is 9.36. The summed E-state index contributed by atoms with van der Waals surface area (Å²) in [5.41, 5.74) is 2.39. The molecule has 4 rings (SSSR count). The third-order valence-corrected chi connectivity index (χ3v) is 4.85. The van der Waals surface area contributed by atoms with Crippen molar-refractivity contribution in [2.75, 3.05) is 5.32 Å². The summed E-state index contributed by atoms with van der Waals surface area (Å²) in [4.78, 5) is 39.1. The second kappa shape index (κ2) is 8.19. The second-order valence-electron chi connectivity index (χ2n) is 6.91. The molecule has 0 aliphatic rings. The molecular formula is C23H16FN3O4. The number of hydrogen-bond acceptors (Lipinski definition) is 4. The van der Waals surface area contributed by atoms with E-state index in [0.29, 0.717) is 23.0 Å². The number of halogens is 1. The summed E-state index contributed by atoms with van der Waals surface area (Å²) in [6.45, 7) is 0. The van der Waals surface area contributed by atoms with E-state index >= 15 is 0 Å². The maximum Gasteiger partial charge on any atom is 0.296 e. The Morgan fingerprint density at radius 1 is 0.968 bits per heavy atom. The summed E-state index contributed by atoms with van der Waals surface area (Å²) in [5.74, 6) is -1.97. The van der Waals surface area contributed by atoms with Crippen LogP contribution in [0, 0.1) is 15.9 Å². The Kier molecular flexibility index (Phi) is 5.28. The van der Waals surface area contributed by atoms with E-state index in [4.69, 9.17) is 0 Å². The number of nitro benzene ring substituents is 1. The molecule has 1 aromatic heterocycles. The largest absolute Gasteiger partial charge is 0.357 e. The van der Waals surface area contributed by atoms with Crippen molar-refractivity contribution in [3.63, 3.8) is 0 Å². The van der Waals surface area contributed by atoms with Gasteiger partial charge in [-0.25, -0.2) is 4.39 Å². The maximum atomic E-state index is 13.2. The van der Waals surface area contributed by atoms with Crippen LogP contribution >= 0.6 is 0 Å². The molecule has 2 N–H and O–H groups in total. The number of nitro groups is 1. The van der Waals surface area contributed by atoms with Gasteiger partial charge >= 0.3 is 0 Å². The number of anilines is 1. The summed E-state index contributed by atoms with van der Waals surface area (Å²) in [5, 5.41) is 13.9. The molecule has 0 fully saturated rings. The predicted molar refractivity (Wildman–Crippen MR) is 114 cm³/mol. The number of benzene rings is 3. The standard InChI is InChI=1S/C23H16FN3O4/c24-15-7-5-14(6-8-15)13-20-21(18-3-1-2-4-19(18)26-20)22(28)23(29)25-16-9-11-17(12-10-16)27(30)31/h1-12,26H,13H2,(H,25,29). The maximum absolute atomic E-state index is 13.2. The monoisotopic (exact) mass is 417 g/mol. The number of Topliss-reactive ketones (excluding diaryl/α,β-unsaturated/α-hetero) is 1. The number of ketones is 1. The van der Waals surface area contributed by atoms with E-state index in [9.17, 15) is 24.1 Å². The van der Waals surface area contributed by atoms with Crippen LogP contribution in [0.1, 0.15) is 21.6 Å². The summed E-state index contributed by atoms with van der Waals surface area (Å²) in [6, 6.07) is 18.2. The minimum atomic E-state index is -0.862. The molecule has 3 aromatic carbocycles. The lowest BCUT2D eigenvalue weighted by Gasteiger charge is -2.07. The van der Waals surface area contributed by atoms with Crippen LogP contribution in [0.15, 0.2) is 72.8 Å². The first-order valence-corrected chi connectivity index (χ1v) is 9.36. The van der Waals surface area contributed by atoms with Crippen molar-refractivity contribution < 1.29 is 18.9 Å². The summed E-state index contributed by atoms with van der Waals surface area (Å²) >= 11 is 0. The summed E-state index contributed by atoms with van der Waals surface area (Å²) < 4.78 is 13.2. The van der Waals surface area contributed by atoms with Gasteiger partial charge in [-0.2, -0.15) is 0 Å². The first-order chi connectivity index (χ1) is 14.9. The molecule has 0 saturated carbocycles. The van der Waals surface area contributed by atoms with Gasteiger partial charge < -0.3 is 10.3 Å². The van der Waals surface area contributed by atoms with E-state index in [2.05, 4.69) is 10.3 Å². The molecule has 1 amide bonds. The van der Waals surface area contributed by atoms with E-state index in [0.717, 1.165) is 5.56 Å². The molecular weight excluding hydrogens is 401 g/mol. The number of nitrogens with one attached hydrogen (secondary N) is 2. The van der Waals surface area contributed by atoms with Gasteiger partial charge in [0.15, 0.2) is 0 Å². The number of carbonyl (C=O) groups excluding carboxylic acids is 2. The van der Waals surface area contributed by atoms with Crippen LogP contribution in [0.25, 0.3) is 10.9 Å². The predicted octanol–water partition coefficient (Wildman–Crippen LogP) is 4.63. The molecule has 31 heavy (non-hydrogen) atoms. The number of rotatable bonds is 6. The number of amides is 1. The van der Waals surface area contributed by atoms with E-state index in [1.54, 1.807) is 30.3 Å². The number of nitrogens with zero attached hydrogens (tertiary/aromatic N) is 1. The summed E-state index contributed by atoms with van der Waals surface area (Å²) in [6.07, 6.45) is 0.306. The molecule has 7 nitrogen and oxygen atoms in total. The van der Waals surface area contributed by atoms with Crippen molar-refractivity contribution in [1.29, 1.82) is 0 Å². The van der Waals surface area contributed by atoms with Crippen LogP contribution in [0.5, 0.6) is 0 Å². The zero-order valence-corrected chi connectivity index (χ0v) is 16.1. The van der Waals surface area contributed by atoms with Gasteiger partial charge in [0.25, 0.3) is 17.4 Å². The van der Waals surface area contributed by atoms with Crippen LogP contribution in [-0.4, -0.2) is 21.6 Å². The van der Waals surface area contributed by atoms with Gasteiger partial charge in [-0.05, 0) is 35.9 Å². The Labute approximate surface area is 175 Å². The Balaban J connectivity index is 1.65. The lowest BCUT2D eigenvalue weighted by atomic mass is 10.0. The van der Waals surface area contributed by atoms with Crippen LogP contribution in [-0.2, 0) is 11.2 Å². The molecule has 0 aliphatic heterocycles. The highest BCUT2D eigenvalue weighted by Gasteiger charge is 2.24. The van der Waals surface area contributed by atoms with Crippen molar-refractivity contribution >= 4 is 34.0 Å². The van der Waals surface area contributed by atoms with Crippen molar-refractivity contribution in [2.45, 2.75) is 6.42 Å². The van der Waals surface area contributed by atoms with Gasteiger partial charge in [0.1, 0.15) is 5.82 Å². The lowest BCUT2D eigenvalue weighted by Crippen LogP contribution is -2.23. The van der Waals surface area contributed by atoms with Gasteiger partial charge in [0.05, 0.1) is 10.5 Å². The van der Waals surface area contributed by atoms with Gasteiger partial charge in [-0.1, -0.05) is 30.3 Å². The van der Waals surface area contributed by atoms with Crippen molar-refractivity contribution in [2.24, 2.45) is 0 Å². The fraction of sp³-hybridized carbons (Fsp3) is 0.0435. The highest BCUT2D eigenvalue weighted by atomic mass is 19.1.